The molecule has 0 spiro atoms. The first-order valence-corrected chi connectivity index (χ1v) is 5.22. The van der Waals surface area contributed by atoms with Crippen LogP contribution in [0.1, 0.15) is 12.0 Å². The molecule has 0 saturated carbocycles. The fourth-order valence-corrected chi connectivity index (χ4v) is 1.46. The maximum absolute atomic E-state index is 2.17. The zero-order chi connectivity index (χ0) is 10.3. The first-order valence-electron chi connectivity index (χ1n) is 5.22. The van der Waals surface area contributed by atoms with Crippen LogP contribution in [0.5, 0.6) is 0 Å². The molecule has 1 aromatic rings. The molecule has 1 aromatic carbocycles. The van der Waals surface area contributed by atoms with Crippen molar-refractivity contribution >= 4 is 6.08 Å². The number of allylic oxidation sites excluding steroid dienone is 7. The van der Waals surface area contributed by atoms with Gasteiger partial charge in [0.2, 0.25) is 0 Å². The Kier molecular flexibility index (Phi) is 3.34. The number of rotatable bonds is 2. The molecular formula is C15H14. The Bertz CT molecular complexity index is 417. The third kappa shape index (κ3) is 3.10. The Hall–Kier alpha value is -1.82. The zero-order valence-electron chi connectivity index (χ0n) is 8.64. The lowest BCUT2D eigenvalue weighted by molar-refractivity contribution is 1.40. The third-order valence-corrected chi connectivity index (χ3v) is 2.28. The highest BCUT2D eigenvalue weighted by atomic mass is 13.9. The minimum absolute atomic E-state index is 1.03. The van der Waals surface area contributed by atoms with E-state index >= 15 is 0 Å². The molecule has 0 heterocycles. The van der Waals surface area contributed by atoms with Gasteiger partial charge in [-0.25, -0.2) is 0 Å². The lowest BCUT2D eigenvalue weighted by Gasteiger charge is -1.92. The maximum atomic E-state index is 2.17. The van der Waals surface area contributed by atoms with E-state index < -0.39 is 0 Å². The smallest absolute Gasteiger partial charge is 0.0163 e. The summed E-state index contributed by atoms with van der Waals surface area (Å²) < 4.78 is 0. The van der Waals surface area contributed by atoms with Crippen molar-refractivity contribution < 1.29 is 0 Å². The molecule has 74 valence electrons. The molecule has 0 nitrogen and oxygen atoms in total. The highest BCUT2D eigenvalue weighted by Crippen LogP contribution is 2.09. The van der Waals surface area contributed by atoms with Crippen LogP contribution in [-0.2, 0) is 0 Å². The van der Waals surface area contributed by atoms with Gasteiger partial charge in [-0.15, -0.1) is 0 Å². The average molecular weight is 194 g/mol. The summed E-state index contributed by atoms with van der Waals surface area (Å²) in [6, 6.07) is 10.3. The molecule has 2 rings (SSSR count). The van der Waals surface area contributed by atoms with Crippen molar-refractivity contribution in [3.05, 3.63) is 77.9 Å². The Labute approximate surface area is 91.0 Å². The fraction of sp³-hybridized carbons (Fsp3) is 0.0667. The summed E-state index contributed by atoms with van der Waals surface area (Å²) in [5, 5.41) is 0. The topological polar surface area (TPSA) is 0 Å². The summed E-state index contributed by atoms with van der Waals surface area (Å²) in [6.45, 7) is 0. The molecule has 0 aromatic heterocycles. The standard InChI is InChI=1S/C15H14/c1-2-5-9-14(8-4-1)12-13-15-10-6-3-7-11-15/h1,3-13H,2H2/b13-12+. The number of hydrogen-bond donors (Lipinski definition) is 0. The van der Waals surface area contributed by atoms with Gasteiger partial charge in [-0.3, -0.25) is 0 Å². The first-order chi connectivity index (χ1) is 7.45. The number of hydrogen-bond acceptors (Lipinski definition) is 0. The van der Waals surface area contributed by atoms with E-state index in [1.165, 1.54) is 11.1 Å². The van der Waals surface area contributed by atoms with Crippen molar-refractivity contribution in [3.8, 4) is 0 Å². The van der Waals surface area contributed by atoms with Gasteiger partial charge in [0.15, 0.2) is 0 Å². The second-order valence-corrected chi connectivity index (χ2v) is 3.48. The summed E-state index contributed by atoms with van der Waals surface area (Å²) >= 11 is 0. The van der Waals surface area contributed by atoms with Gasteiger partial charge in [0.25, 0.3) is 0 Å². The van der Waals surface area contributed by atoms with Crippen LogP contribution in [0.2, 0.25) is 0 Å². The Morgan fingerprint density at radius 1 is 0.933 bits per heavy atom. The predicted octanol–water partition coefficient (Wildman–Crippen LogP) is 4.14. The Morgan fingerprint density at radius 2 is 1.80 bits per heavy atom. The molecule has 15 heavy (non-hydrogen) atoms. The van der Waals surface area contributed by atoms with Crippen molar-refractivity contribution in [1.29, 1.82) is 0 Å². The highest BCUT2D eigenvalue weighted by Gasteiger charge is 1.88. The van der Waals surface area contributed by atoms with Crippen LogP contribution in [-0.4, -0.2) is 0 Å². The average Bonchev–Trinajstić information content (AvgIpc) is 2.56. The van der Waals surface area contributed by atoms with E-state index in [9.17, 15) is 0 Å². The quantitative estimate of drug-likeness (QED) is 0.663. The third-order valence-electron chi connectivity index (χ3n) is 2.28. The van der Waals surface area contributed by atoms with Crippen LogP contribution < -0.4 is 0 Å². The largest absolute Gasteiger partial charge is 0.0807 e. The summed E-state index contributed by atoms with van der Waals surface area (Å²) in [4.78, 5) is 0. The van der Waals surface area contributed by atoms with E-state index in [0.717, 1.165) is 6.42 Å². The van der Waals surface area contributed by atoms with Crippen LogP contribution in [0.15, 0.2) is 72.4 Å². The lowest BCUT2D eigenvalue weighted by atomic mass is 10.1. The Balaban J connectivity index is 2.12. The fourth-order valence-electron chi connectivity index (χ4n) is 1.46. The van der Waals surface area contributed by atoms with Gasteiger partial charge in [-0.1, -0.05) is 72.9 Å². The molecule has 0 bridgehead atoms. The molecule has 0 unspecified atom stereocenters. The predicted molar refractivity (Wildman–Crippen MR) is 66.5 cm³/mol. The molecular weight excluding hydrogens is 180 g/mol. The SMILES string of the molecule is C1=CCC=CC(/C=C/c2ccccc2)=C1. The van der Waals surface area contributed by atoms with Crippen LogP contribution >= 0.6 is 0 Å². The lowest BCUT2D eigenvalue weighted by Crippen LogP contribution is -1.71. The van der Waals surface area contributed by atoms with E-state index in [4.69, 9.17) is 0 Å². The molecule has 0 aliphatic heterocycles. The molecule has 0 fully saturated rings. The van der Waals surface area contributed by atoms with Crippen molar-refractivity contribution in [3.63, 3.8) is 0 Å². The number of benzene rings is 1. The van der Waals surface area contributed by atoms with E-state index in [1.54, 1.807) is 0 Å². The minimum atomic E-state index is 1.03. The minimum Gasteiger partial charge on any atom is -0.0807 e. The van der Waals surface area contributed by atoms with Gasteiger partial charge in [0.1, 0.15) is 0 Å². The highest BCUT2D eigenvalue weighted by molar-refractivity contribution is 5.55. The molecule has 1 aliphatic rings. The van der Waals surface area contributed by atoms with Crippen molar-refractivity contribution in [2.24, 2.45) is 0 Å². The summed E-state index contributed by atoms with van der Waals surface area (Å²) in [6.07, 6.45) is 16.0. The molecule has 0 radical (unpaired) electrons. The maximum Gasteiger partial charge on any atom is -0.0163 e. The van der Waals surface area contributed by atoms with E-state index in [1.807, 2.05) is 6.07 Å². The van der Waals surface area contributed by atoms with E-state index in [2.05, 4.69) is 66.8 Å². The van der Waals surface area contributed by atoms with Gasteiger partial charge < -0.3 is 0 Å². The normalized spacial score (nSPS) is 15.3. The summed E-state index contributed by atoms with van der Waals surface area (Å²) in [7, 11) is 0. The molecule has 0 amide bonds. The van der Waals surface area contributed by atoms with E-state index in [-0.39, 0.29) is 0 Å². The van der Waals surface area contributed by atoms with E-state index in [0.29, 0.717) is 0 Å². The molecule has 0 N–H and O–H groups in total. The van der Waals surface area contributed by atoms with Gasteiger partial charge in [0, 0.05) is 0 Å². The van der Waals surface area contributed by atoms with Gasteiger partial charge in [-0.05, 0) is 17.6 Å². The van der Waals surface area contributed by atoms with Gasteiger partial charge in [-0.2, -0.15) is 0 Å². The van der Waals surface area contributed by atoms with Crippen LogP contribution in [0, 0.1) is 0 Å². The van der Waals surface area contributed by atoms with Crippen molar-refractivity contribution in [2.75, 3.05) is 0 Å². The van der Waals surface area contributed by atoms with Crippen LogP contribution in [0.3, 0.4) is 0 Å². The monoisotopic (exact) mass is 194 g/mol. The summed E-state index contributed by atoms with van der Waals surface area (Å²) in [5.74, 6) is 0. The van der Waals surface area contributed by atoms with Gasteiger partial charge >= 0.3 is 0 Å². The summed E-state index contributed by atoms with van der Waals surface area (Å²) in [5.41, 5.74) is 2.48. The Morgan fingerprint density at radius 3 is 2.67 bits per heavy atom. The van der Waals surface area contributed by atoms with Crippen LogP contribution in [0.25, 0.3) is 6.08 Å². The molecule has 0 atom stereocenters. The van der Waals surface area contributed by atoms with Crippen molar-refractivity contribution in [1.82, 2.24) is 0 Å². The second kappa shape index (κ2) is 5.16. The molecule has 0 heteroatoms. The zero-order valence-corrected chi connectivity index (χ0v) is 8.64. The second-order valence-electron chi connectivity index (χ2n) is 3.48. The van der Waals surface area contributed by atoms with Gasteiger partial charge in [0.05, 0.1) is 0 Å². The van der Waals surface area contributed by atoms with Crippen molar-refractivity contribution in [2.45, 2.75) is 6.42 Å². The first kappa shape index (κ1) is 9.72. The van der Waals surface area contributed by atoms with Crippen LogP contribution in [0.4, 0.5) is 0 Å². The molecule has 0 saturated heterocycles. The molecule has 1 aliphatic carbocycles.